The highest BCUT2D eigenvalue weighted by Crippen LogP contribution is 2.74. The molecule has 0 radical (unpaired) electrons. The molecule has 1 amide bonds. The summed E-state index contributed by atoms with van der Waals surface area (Å²) < 4.78 is 31.7. The normalized spacial score (nSPS) is 33.0. The summed E-state index contributed by atoms with van der Waals surface area (Å²) in [5.41, 5.74) is -0.721. The zero-order valence-corrected chi connectivity index (χ0v) is 13.1. The standard InChI is InChI=1S/C17H16F2N2O3/c1-24-15(23)17-7-16(8-17,9-17)14(22)21-13(2-3-20-21)10-4-11(18)6-12(19)5-10/h3-6,13H,2,7-9H2,1H3. The minimum atomic E-state index is -0.681. The zero-order valence-electron chi connectivity index (χ0n) is 13.1. The van der Waals surface area contributed by atoms with E-state index in [0.29, 0.717) is 31.2 Å². The second-order valence-electron chi connectivity index (χ2n) is 6.98. The number of halogens is 2. The Kier molecular flexibility index (Phi) is 3.07. The van der Waals surface area contributed by atoms with Gasteiger partial charge in [0, 0.05) is 18.7 Å². The fourth-order valence-corrected chi connectivity index (χ4v) is 4.34. The third kappa shape index (κ3) is 1.93. The van der Waals surface area contributed by atoms with Crippen LogP contribution in [0.2, 0.25) is 0 Å². The molecule has 126 valence electrons. The molecule has 1 aliphatic heterocycles. The first-order chi connectivity index (χ1) is 11.4. The Bertz CT molecular complexity index is 737. The molecule has 0 spiro atoms. The van der Waals surface area contributed by atoms with E-state index >= 15 is 0 Å². The van der Waals surface area contributed by atoms with Crippen LogP contribution < -0.4 is 0 Å². The summed E-state index contributed by atoms with van der Waals surface area (Å²) in [6.07, 6.45) is 3.37. The summed E-state index contributed by atoms with van der Waals surface area (Å²) in [7, 11) is 1.34. The van der Waals surface area contributed by atoms with Crippen molar-refractivity contribution in [2.45, 2.75) is 31.7 Å². The molecule has 3 aliphatic carbocycles. The molecule has 3 fully saturated rings. The van der Waals surface area contributed by atoms with Gasteiger partial charge in [0.1, 0.15) is 11.6 Å². The van der Waals surface area contributed by atoms with Crippen LogP contribution in [0, 0.1) is 22.5 Å². The third-order valence-electron chi connectivity index (χ3n) is 5.41. The SMILES string of the molecule is COC(=O)C12CC(C(=O)N3N=CCC3c3cc(F)cc(F)c3)(C1)C2. The van der Waals surface area contributed by atoms with Crippen molar-refractivity contribution in [3.63, 3.8) is 0 Å². The van der Waals surface area contributed by atoms with Gasteiger partial charge < -0.3 is 4.74 Å². The Morgan fingerprint density at radius 2 is 1.79 bits per heavy atom. The lowest BCUT2D eigenvalue weighted by Gasteiger charge is -2.67. The predicted octanol–water partition coefficient (Wildman–Crippen LogP) is 2.57. The van der Waals surface area contributed by atoms with Gasteiger partial charge in [-0.25, -0.2) is 13.8 Å². The zero-order chi connectivity index (χ0) is 17.1. The summed E-state index contributed by atoms with van der Waals surface area (Å²) >= 11 is 0. The van der Waals surface area contributed by atoms with Gasteiger partial charge in [-0.3, -0.25) is 9.59 Å². The van der Waals surface area contributed by atoms with Gasteiger partial charge >= 0.3 is 5.97 Å². The Morgan fingerprint density at radius 3 is 2.38 bits per heavy atom. The number of amides is 1. The van der Waals surface area contributed by atoms with Crippen LogP contribution in [0.5, 0.6) is 0 Å². The molecule has 1 aromatic carbocycles. The first-order valence-corrected chi connectivity index (χ1v) is 7.80. The molecule has 1 aromatic rings. The van der Waals surface area contributed by atoms with Crippen LogP contribution in [0.1, 0.15) is 37.3 Å². The van der Waals surface area contributed by atoms with Gasteiger partial charge in [0.05, 0.1) is 24.0 Å². The Labute approximate surface area is 137 Å². The molecule has 5 nitrogen and oxygen atoms in total. The number of hydrogen-bond donors (Lipinski definition) is 0. The van der Waals surface area contributed by atoms with Crippen LogP contribution in [0.25, 0.3) is 0 Å². The van der Waals surface area contributed by atoms with Crippen LogP contribution in [0.3, 0.4) is 0 Å². The lowest BCUT2D eigenvalue weighted by Crippen LogP contribution is -2.70. The molecule has 1 heterocycles. The van der Waals surface area contributed by atoms with Crippen molar-refractivity contribution in [1.82, 2.24) is 5.01 Å². The molecule has 24 heavy (non-hydrogen) atoms. The van der Waals surface area contributed by atoms with Crippen molar-refractivity contribution in [2.75, 3.05) is 7.11 Å². The number of benzene rings is 1. The van der Waals surface area contributed by atoms with Crippen LogP contribution >= 0.6 is 0 Å². The summed E-state index contributed by atoms with van der Waals surface area (Å²) in [5, 5.41) is 5.43. The van der Waals surface area contributed by atoms with Crippen molar-refractivity contribution in [1.29, 1.82) is 0 Å². The van der Waals surface area contributed by atoms with Crippen LogP contribution in [-0.2, 0) is 14.3 Å². The number of rotatable bonds is 3. The minimum Gasteiger partial charge on any atom is -0.469 e. The molecule has 4 aliphatic rings. The first kappa shape index (κ1) is 15.2. The molecule has 5 rings (SSSR count). The molecular formula is C17H16F2N2O3. The Hall–Kier alpha value is -2.31. The highest BCUT2D eigenvalue weighted by molar-refractivity contribution is 5.94. The quantitative estimate of drug-likeness (QED) is 0.798. The number of nitrogens with zero attached hydrogens (tertiary/aromatic N) is 2. The largest absolute Gasteiger partial charge is 0.469 e. The number of esters is 1. The minimum absolute atomic E-state index is 0.184. The molecule has 1 atom stereocenters. The van der Waals surface area contributed by atoms with E-state index in [1.165, 1.54) is 24.3 Å². The van der Waals surface area contributed by atoms with E-state index in [9.17, 15) is 18.4 Å². The summed E-state index contributed by atoms with van der Waals surface area (Å²) in [6.45, 7) is 0. The van der Waals surface area contributed by atoms with E-state index < -0.39 is 28.5 Å². The van der Waals surface area contributed by atoms with Gasteiger partial charge in [0.2, 0.25) is 5.91 Å². The summed E-state index contributed by atoms with van der Waals surface area (Å²) in [5.74, 6) is -1.82. The monoisotopic (exact) mass is 334 g/mol. The van der Waals surface area contributed by atoms with Gasteiger partial charge in [-0.15, -0.1) is 0 Å². The van der Waals surface area contributed by atoms with Crippen molar-refractivity contribution >= 4 is 18.1 Å². The number of carbonyl (C=O) groups excluding carboxylic acids is 2. The van der Waals surface area contributed by atoms with E-state index in [1.54, 1.807) is 6.21 Å². The lowest BCUT2D eigenvalue weighted by atomic mass is 9.34. The van der Waals surface area contributed by atoms with E-state index in [4.69, 9.17) is 4.74 Å². The van der Waals surface area contributed by atoms with E-state index in [-0.39, 0.29) is 11.9 Å². The molecule has 0 saturated heterocycles. The average Bonchev–Trinajstić information content (AvgIpc) is 2.92. The van der Waals surface area contributed by atoms with Crippen molar-refractivity contribution in [2.24, 2.45) is 15.9 Å². The fourth-order valence-electron chi connectivity index (χ4n) is 4.34. The van der Waals surface area contributed by atoms with Crippen molar-refractivity contribution < 1.29 is 23.1 Å². The van der Waals surface area contributed by atoms with Crippen molar-refractivity contribution in [3.8, 4) is 0 Å². The van der Waals surface area contributed by atoms with Gasteiger partial charge in [-0.1, -0.05) is 0 Å². The molecule has 7 heteroatoms. The lowest BCUT2D eigenvalue weighted by molar-refractivity contribution is -0.229. The number of methoxy groups -OCH3 is 1. The predicted molar refractivity (Wildman–Crippen MR) is 79.8 cm³/mol. The maximum absolute atomic E-state index is 13.5. The third-order valence-corrected chi connectivity index (χ3v) is 5.41. The second-order valence-corrected chi connectivity index (χ2v) is 6.98. The molecular weight excluding hydrogens is 318 g/mol. The van der Waals surface area contributed by atoms with E-state index in [0.717, 1.165) is 6.07 Å². The van der Waals surface area contributed by atoms with Gasteiger partial charge in [-0.05, 0) is 37.0 Å². The molecule has 1 unspecified atom stereocenters. The van der Waals surface area contributed by atoms with Crippen LogP contribution in [-0.4, -0.2) is 30.2 Å². The Morgan fingerprint density at radius 1 is 1.17 bits per heavy atom. The topological polar surface area (TPSA) is 59.0 Å². The summed E-state index contributed by atoms with van der Waals surface area (Å²) in [4.78, 5) is 24.6. The second kappa shape index (κ2) is 4.84. The van der Waals surface area contributed by atoms with Crippen LogP contribution in [0.15, 0.2) is 23.3 Å². The van der Waals surface area contributed by atoms with Gasteiger partial charge in [-0.2, -0.15) is 5.10 Å². The summed E-state index contributed by atoms with van der Waals surface area (Å²) in [6, 6.07) is 2.74. The number of ether oxygens (including phenoxy) is 1. The fraction of sp³-hybridized carbons (Fsp3) is 0.471. The van der Waals surface area contributed by atoms with Gasteiger partial charge in [0.25, 0.3) is 0 Å². The van der Waals surface area contributed by atoms with Gasteiger partial charge in [0.15, 0.2) is 0 Å². The average molecular weight is 334 g/mol. The smallest absolute Gasteiger partial charge is 0.311 e. The molecule has 0 N–H and O–H groups in total. The highest BCUT2D eigenvalue weighted by atomic mass is 19.1. The molecule has 0 aromatic heterocycles. The maximum atomic E-state index is 13.5. The molecule has 2 bridgehead atoms. The highest BCUT2D eigenvalue weighted by Gasteiger charge is 2.76. The maximum Gasteiger partial charge on any atom is 0.311 e. The number of carbonyl (C=O) groups is 2. The van der Waals surface area contributed by atoms with E-state index in [1.807, 2.05) is 0 Å². The number of hydrazone groups is 1. The van der Waals surface area contributed by atoms with E-state index in [2.05, 4.69) is 5.10 Å². The van der Waals surface area contributed by atoms with Crippen molar-refractivity contribution in [3.05, 3.63) is 35.4 Å². The molecule has 3 saturated carbocycles. The Balaban J connectivity index is 1.53. The first-order valence-electron chi connectivity index (χ1n) is 7.80. The number of hydrogen-bond acceptors (Lipinski definition) is 4. The van der Waals surface area contributed by atoms with Crippen LogP contribution in [0.4, 0.5) is 8.78 Å².